The van der Waals surface area contributed by atoms with Gasteiger partial charge >= 0.3 is 0 Å². The number of carbonyl (C=O) groups excluding carboxylic acids is 2. The van der Waals surface area contributed by atoms with Gasteiger partial charge in [-0.05, 0) is 55.8 Å². The van der Waals surface area contributed by atoms with E-state index in [0.717, 1.165) is 21.5 Å². The van der Waals surface area contributed by atoms with Gasteiger partial charge in [-0.1, -0.05) is 52.9 Å². The summed E-state index contributed by atoms with van der Waals surface area (Å²) in [4.78, 5) is 34.5. The van der Waals surface area contributed by atoms with Gasteiger partial charge in [0.1, 0.15) is 5.03 Å². The smallest absolute Gasteiger partial charge is 0.258 e. The minimum Gasteiger partial charge on any atom is -0.322 e. The van der Waals surface area contributed by atoms with E-state index in [1.165, 1.54) is 23.1 Å². The number of carbonyl (C=O) groups is 2. The van der Waals surface area contributed by atoms with Gasteiger partial charge in [-0.15, -0.1) is 0 Å². The molecule has 9 heteroatoms. The van der Waals surface area contributed by atoms with E-state index in [4.69, 9.17) is 11.6 Å². The van der Waals surface area contributed by atoms with E-state index >= 15 is 0 Å². The fourth-order valence-corrected chi connectivity index (χ4v) is 5.18. The molecule has 4 aromatic rings. The molecule has 6 nitrogen and oxygen atoms in total. The molecule has 0 bridgehead atoms. The third-order valence-electron chi connectivity index (χ3n) is 4.50. The maximum atomic E-state index is 13.0. The Morgan fingerprint density at radius 2 is 1.84 bits per heavy atom. The van der Waals surface area contributed by atoms with Crippen molar-refractivity contribution in [2.75, 3.05) is 16.4 Å². The number of nitrogens with zero attached hydrogens (tertiary/aromatic N) is 2. The second kappa shape index (κ2) is 9.68. The first kappa shape index (κ1) is 22.3. The van der Waals surface area contributed by atoms with Crippen molar-refractivity contribution in [1.29, 1.82) is 0 Å². The summed E-state index contributed by atoms with van der Waals surface area (Å²) in [5.74, 6) is -0.411. The summed E-state index contributed by atoms with van der Waals surface area (Å²) >= 11 is 8.66. The van der Waals surface area contributed by atoms with Crippen LogP contribution in [0.25, 0.3) is 10.2 Å². The molecule has 0 saturated heterocycles. The van der Waals surface area contributed by atoms with E-state index in [1.807, 2.05) is 44.2 Å². The topological polar surface area (TPSA) is 84.0 Å². The predicted molar refractivity (Wildman–Crippen MR) is 132 cm³/mol. The number of amides is 2. The van der Waals surface area contributed by atoms with Crippen LogP contribution in [-0.2, 0) is 4.79 Å². The summed E-state index contributed by atoms with van der Waals surface area (Å²) in [7, 11) is 0. The zero-order valence-electron chi connectivity index (χ0n) is 17.3. The van der Waals surface area contributed by atoms with E-state index in [-0.39, 0.29) is 17.6 Å². The van der Waals surface area contributed by atoms with Crippen LogP contribution in [0.2, 0.25) is 5.02 Å². The third kappa shape index (κ3) is 5.27. The van der Waals surface area contributed by atoms with Crippen molar-refractivity contribution in [3.05, 3.63) is 76.4 Å². The molecule has 32 heavy (non-hydrogen) atoms. The highest BCUT2D eigenvalue weighted by molar-refractivity contribution is 8.00. The molecule has 0 saturated carbocycles. The number of halogens is 1. The number of aromatic nitrogens is 2. The van der Waals surface area contributed by atoms with Gasteiger partial charge in [-0.3, -0.25) is 9.59 Å². The Morgan fingerprint density at radius 3 is 2.62 bits per heavy atom. The van der Waals surface area contributed by atoms with Gasteiger partial charge in [0.25, 0.3) is 5.91 Å². The van der Waals surface area contributed by atoms with Crippen LogP contribution in [-0.4, -0.2) is 27.5 Å². The van der Waals surface area contributed by atoms with E-state index in [0.29, 0.717) is 26.4 Å². The highest BCUT2D eigenvalue weighted by Crippen LogP contribution is 2.28. The number of thioether (sulfide) groups is 1. The Bertz CT molecular complexity index is 1290. The first-order valence-electron chi connectivity index (χ1n) is 9.72. The first-order valence-corrected chi connectivity index (χ1v) is 11.9. The molecule has 4 rings (SSSR count). The lowest BCUT2D eigenvalue weighted by molar-refractivity contribution is -0.113. The monoisotopic (exact) mass is 482 g/mol. The highest BCUT2D eigenvalue weighted by Gasteiger charge is 2.19. The van der Waals surface area contributed by atoms with Gasteiger partial charge < -0.3 is 10.6 Å². The van der Waals surface area contributed by atoms with Crippen molar-refractivity contribution >= 4 is 67.5 Å². The lowest BCUT2D eigenvalue weighted by atomic mass is 10.1. The zero-order chi connectivity index (χ0) is 22.7. The Kier molecular flexibility index (Phi) is 6.74. The van der Waals surface area contributed by atoms with E-state index in [1.54, 1.807) is 24.3 Å². The molecule has 0 aliphatic carbocycles. The fraction of sp³-hybridized carbons (Fsp3) is 0.130. The molecule has 0 unspecified atom stereocenters. The van der Waals surface area contributed by atoms with Gasteiger partial charge in [0.05, 0.1) is 21.5 Å². The molecule has 0 atom stereocenters. The van der Waals surface area contributed by atoms with Gasteiger partial charge in [-0.25, -0.2) is 9.97 Å². The second-order valence-electron chi connectivity index (χ2n) is 7.05. The maximum absolute atomic E-state index is 13.0. The highest BCUT2D eigenvalue weighted by atomic mass is 35.5. The van der Waals surface area contributed by atoms with Crippen molar-refractivity contribution in [3.8, 4) is 0 Å². The average Bonchev–Trinajstić information content (AvgIpc) is 3.14. The van der Waals surface area contributed by atoms with E-state index < -0.39 is 0 Å². The molecule has 2 amide bonds. The summed E-state index contributed by atoms with van der Waals surface area (Å²) in [6.45, 7) is 3.71. The van der Waals surface area contributed by atoms with Gasteiger partial charge in [-0.2, -0.15) is 0 Å². The van der Waals surface area contributed by atoms with Crippen LogP contribution in [0.3, 0.4) is 0 Å². The van der Waals surface area contributed by atoms with Crippen LogP contribution in [0.4, 0.5) is 10.8 Å². The summed E-state index contributed by atoms with van der Waals surface area (Å²) in [6, 6.07) is 16.5. The molecule has 2 N–H and O–H groups in total. The molecule has 0 fully saturated rings. The van der Waals surface area contributed by atoms with Gasteiger partial charge in [0.15, 0.2) is 5.13 Å². The Balaban J connectivity index is 1.48. The van der Waals surface area contributed by atoms with Crippen molar-refractivity contribution in [1.82, 2.24) is 9.97 Å². The van der Waals surface area contributed by atoms with Crippen LogP contribution in [0.1, 0.15) is 21.6 Å². The number of hydrogen-bond acceptors (Lipinski definition) is 6. The number of pyridine rings is 1. The van der Waals surface area contributed by atoms with Crippen LogP contribution >= 0.6 is 34.7 Å². The number of para-hydroxylation sites is 1. The van der Waals surface area contributed by atoms with Crippen LogP contribution in [0, 0.1) is 13.8 Å². The number of hydrogen-bond donors (Lipinski definition) is 2. The molecule has 2 aromatic heterocycles. The SMILES string of the molecule is Cc1cc(C)c(C(=O)Nc2cccc(Cl)c2)c(SCC(=O)Nc2nc3ccccc3s2)n1. The summed E-state index contributed by atoms with van der Waals surface area (Å²) in [5.41, 5.74) is 3.43. The molecule has 2 heterocycles. The minimum atomic E-state index is -0.300. The third-order valence-corrected chi connectivity index (χ3v) is 6.66. The van der Waals surface area contributed by atoms with E-state index in [9.17, 15) is 9.59 Å². The number of aryl methyl sites for hydroxylation is 2. The average molecular weight is 483 g/mol. The number of nitrogens with one attached hydrogen (secondary N) is 2. The lowest BCUT2D eigenvalue weighted by Crippen LogP contribution is -2.18. The first-order chi connectivity index (χ1) is 15.4. The van der Waals surface area contributed by atoms with Crippen molar-refractivity contribution in [2.45, 2.75) is 18.9 Å². The lowest BCUT2D eigenvalue weighted by Gasteiger charge is -2.13. The Morgan fingerprint density at radius 1 is 1.03 bits per heavy atom. The molecule has 0 radical (unpaired) electrons. The summed E-state index contributed by atoms with van der Waals surface area (Å²) in [5, 5.41) is 7.26. The normalized spacial score (nSPS) is 10.8. The fourth-order valence-electron chi connectivity index (χ4n) is 3.16. The molecule has 2 aromatic carbocycles. The minimum absolute atomic E-state index is 0.100. The largest absolute Gasteiger partial charge is 0.322 e. The standard InChI is InChI=1S/C23H19ClN4O2S2/c1-13-10-14(2)25-22(20(13)21(30)26-16-7-5-6-15(24)11-16)31-12-19(29)28-23-27-17-8-3-4-9-18(17)32-23/h3-11H,12H2,1-2H3,(H,26,30)(H,27,28,29). The second-order valence-corrected chi connectivity index (χ2v) is 9.48. The Labute approximate surface area is 198 Å². The summed E-state index contributed by atoms with van der Waals surface area (Å²) in [6.07, 6.45) is 0. The van der Waals surface area contributed by atoms with Gasteiger partial charge in [0.2, 0.25) is 5.91 Å². The maximum Gasteiger partial charge on any atom is 0.258 e. The van der Waals surface area contributed by atoms with E-state index in [2.05, 4.69) is 20.6 Å². The number of anilines is 2. The molecule has 0 aliphatic rings. The number of benzene rings is 2. The molecule has 0 spiro atoms. The molecule has 162 valence electrons. The summed E-state index contributed by atoms with van der Waals surface area (Å²) < 4.78 is 1.01. The van der Waals surface area contributed by atoms with Crippen molar-refractivity contribution in [2.24, 2.45) is 0 Å². The molecular weight excluding hydrogens is 464 g/mol. The number of rotatable bonds is 6. The zero-order valence-corrected chi connectivity index (χ0v) is 19.7. The Hall–Kier alpha value is -2.94. The number of thiazole rings is 1. The predicted octanol–water partition coefficient (Wildman–Crippen LogP) is 5.94. The van der Waals surface area contributed by atoms with Crippen molar-refractivity contribution in [3.63, 3.8) is 0 Å². The molecular formula is C23H19ClN4O2S2. The quantitative estimate of drug-likeness (QED) is 0.332. The van der Waals surface area contributed by atoms with Crippen molar-refractivity contribution < 1.29 is 9.59 Å². The van der Waals surface area contributed by atoms with Gasteiger partial charge in [0, 0.05) is 16.4 Å². The van der Waals surface area contributed by atoms with Crippen LogP contribution < -0.4 is 10.6 Å². The van der Waals surface area contributed by atoms with Crippen LogP contribution in [0.15, 0.2) is 59.6 Å². The van der Waals surface area contributed by atoms with Crippen LogP contribution in [0.5, 0.6) is 0 Å². The molecule has 0 aliphatic heterocycles. The number of fused-ring (bicyclic) bond motifs is 1.